The Bertz CT molecular complexity index is 975. The van der Waals surface area contributed by atoms with Gasteiger partial charge in [0.15, 0.2) is 11.5 Å². The maximum Gasteiger partial charge on any atom is 0.409 e. The van der Waals surface area contributed by atoms with Crippen LogP contribution in [0.4, 0.5) is 4.79 Å². The molecule has 0 aromatic heterocycles. The monoisotopic (exact) mass is 507 g/mol. The van der Waals surface area contributed by atoms with Crippen molar-refractivity contribution in [1.82, 2.24) is 14.7 Å². The highest BCUT2D eigenvalue weighted by atomic mass is 32.2. The molecule has 0 radical (unpaired) electrons. The van der Waals surface area contributed by atoms with Gasteiger partial charge in [-0.15, -0.1) is 0 Å². The molecule has 1 aromatic rings. The van der Waals surface area contributed by atoms with Crippen molar-refractivity contribution in [1.29, 1.82) is 0 Å². The van der Waals surface area contributed by atoms with Crippen LogP contribution in [0, 0.1) is 0 Å². The first-order valence-corrected chi connectivity index (χ1v) is 12.3. The van der Waals surface area contributed by atoms with E-state index < -0.39 is 0 Å². The molecule has 0 atom stereocenters. The molecule has 2 heterocycles. The highest BCUT2D eigenvalue weighted by Gasteiger charge is 2.32. The first-order chi connectivity index (χ1) is 16.4. The molecule has 1 aromatic carbocycles. The minimum atomic E-state index is -0.342. The number of thiocarbonyl (C=S) groups is 1. The van der Waals surface area contributed by atoms with Crippen LogP contribution < -0.4 is 9.47 Å². The first-order valence-electron chi connectivity index (χ1n) is 11.0. The second-order valence-corrected chi connectivity index (χ2v) is 9.29. The molecule has 34 heavy (non-hydrogen) atoms. The van der Waals surface area contributed by atoms with Crippen LogP contribution in [0.2, 0.25) is 0 Å². The van der Waals surface area contributed by atoms with Gasteiger partial charge in [0.25, 0.3) is 5.91 Å². The molecule has 3 rings (SSSR count). The fraction of sp³-hybridized carbons (Fsp3) is 0.478. The second-order valence-electron chi connectivity index (χ2n) is 7.62. The van der Waals surface area contributed by atoms with Crippen molar-refractivity contribution in [3.63, 3.8) is 0 Å². The van der Waals surface area contributed by atoms with E-state index in [1.165, 1.54) is 11.8 Å². The smallest absolute Gasteiger partial charge is 0.409 e. The third kappa shape index (κ3) is 6.20. The molecule has 2 aliphatic heterocycles. The van der Waals surface area contributed by atoms with E-state index in [9.17, 15) is 14.4 Å². The number of rotatable bonds is 8. The number of hydrogen-bond acceptors (Lipinski definition) is 8. The van der Waals surface area contributed by atoms with E-state index in [2.05, 4.69) is 0 Å². The molecule has 0 saturated carbocycles. The number of carbonyl (C=O) groups excluding carboxylic acids is 3. The van der Waals surface area contributed by atoms with E-state index in [0.29, 0.717) is 72.9 Å². The fourth-order valence-corrected chi connectivity index (χ4v) is 5.00. The summed E-state index contributed by atoms with van der Waals surface area (Å²) in [4.78, 5) is 42.7. The van der Waals surface area contributed by atoms with E-state index in [-0.39, 0.29) is 17.9 Å². The van der Waals surface area contributed by atoms with Crippen molar-refractivity contribution in [2.75, 3.05) is 53.6 Å². The Balaban J connectivity index is 1.50. The van der Waals surface area contributed by atoms with E-state index in [1.54, 1.807) is 54.1 Å². The largest absolute Gasteiger partial charge is 0.493 e. The van der Waals surface area contributed by atoms with Crippen LogP contribution in [0.25, 0.3) is 6.08 Å². The number of piperazine rings is 1. The number of methoxy groups -OCH3 is 2. The average Bonchev–Trinajstić information content (AvgIpc) is 3.11. The molecule has 2 fully saturated rings. The number of amides is 3. The summed E-state index contributed by atoms with van der Waals surface area (Å²) in [6, 6.07) is 5.42. The van der Waals surface area contributed by atoms with Gasteiger partial charge in [0, 0.05) is 39.1 Å². The third-order valence-electron chi connectivity index (χ3n) is 5.51. The van der Waals surface area contributed by atoms with E-state index in [4.69, 9.17) is 26.4 Å². The quantitative estimate of drug-likeness (QED) is 0.392. The maximum absolute atomic E-state index is 12.9. The lowest BCUT2D eigenvalue weighted by Crippen LogP contribution is -2.50. The van der Waals surface area contributed by atoms with Gasteiger partial charge in [0.2, 0.25) is 5.91 Å². The van der Waals surface area contributed by atoms with Crippen LogP contribution in [0.15, 0.2) is 23.1 Å². The van der Waals surface area contributed by atoms with Gasteiger partial charge in [-0.25, -0.2) is 4.79 Å². The van der Waals surface area contributed by atoms with Crippen molar-refractivity contribution in [3.05, 3.63) is 28.7 Å². The molecule has 2 aliphatic rings. The summed E-state index contributed by atoms with van der Waals surface area (Å²) >= 11 is 6.65. The highest BCUT2D eigenvalue weighted by molar-refractivity contribution is 8.26. The summed E-state index contributed by atoms with van der Waals surface area (Å²) in [6.45, 7) is 4.35. The van der Waals surface area contributed by atoms with Crippen molar-refractivity contribution in [2.45, 2.75) is 19.8 Å². The van der Waals surface area contributed by atoms with E-state index in [0.717, 1.165) is 5.56 Å². The van der Waals surface area contributed by atoms with Crippen molar-refractivity contribution in [3.8, 4) is 11.5 Å². The standard InChI is InChI=1S/C23H29N3O6S2/c1-4-32-22(29)25-12-10-24(11-13-25)20(27)6-5-9-26-21(28)19(34-23(26)33)15-16-7-8-17(30-2)18(14-16)31-3/h7-8,14-15H,4-6,9-13H2,1-3H3/b19-15-. The average molecular weight is 508 g/mol. The Morgan fingerprint density at radius 2 is 1.76 bits per heavy atom. The molecule has 0 unspecified atom stereocenters. The number of benzene rings is 1. The SMILES string of the molecule is CCOC(=O)N1CCN(C(=O)CCCN2C(=O)/C(=C/c3ccc(OC)c(OC)c3)SC2=S)CC1. The van der Waals surface area contributed by atoms with Crippen LogP contribution >= 0.6 is 24.0 Å². The van der Waals surface area contributed by atoms with E-state index in [1.807, 2.05) is 6.07 Å². The van der Waals surface area contributed by atoms with Gasteiger partial charge in [0.05, 0.1) is 25.7 Å². The van der Waals surface area contributed by atoms with Crippen molar-refractivity contribution < 1.29 is 28.6 Å². The van der Waals surface area contributed by atoms with Crippen LogP contribution in [0.5, 0.6) is 11.5 Å². The Kier molecular flexibility index (Phi) is 9.17. The minimum absolute atomic E-state index is 0.00909. The lowest BCUT2D eigenvalue weighted by molar-refractivity contribution is -0.133. The summed E-state index contributed by atoms with van der Waals surface area (Å²) < 4.78 is 16.1. The molecular formula is C23H29N3O6S2. The van der Waals surface area contributed by atoms with Gasteiger partial charge < -0.3 is 24.0 Å². The Morgan fingerprint density at radius 1 is 1.09 bits per heavy atom. The molecule has 11 heteroatoms. The van der Waals surface area contributed by atoms with Crippen LogP contribution in [0.1, 0.15) is 25.3 Å². The van der Waals surface area contributed by atoms with Gasteiger partial charge >= 0.3 is 6.09 Å². The normalized spacial score (nSPS) is 17.4. The molecule has 2 saturated heterocycles. The lowest BCUT2D eigenvalue weighted by Gasteiger charge is -2.34. The molecule has 0 N–H and O–H groups in total. The zero-order valence-electron chi connectivity index (χ0n) is 19.6. The molecule has 0 aliphatic carbocycles. The Labute approximate surface area is 209 Å². The molecule has 9 nitrogen and oxygen atoms in total. The minimum Gasteiger partial charge on any atom is -0.493 e. The van der Waals surface area contributed by atoms with Crippen molar-refractivity contribution >= 4 is 52.3 Å². The molecule has 3 amide bonds. The second kappa shape index (κ2) is 12.1. The number of carbonyl (C=O) groups is 3. The zero-order chi connectivity index (χ0) is 24.7. The summed E-state index contributed by atoms with van der Waals surface area (Å²) in [5, 5.41) is 0. The van der Waals surface area contributed by atoms with Gasteiger partial charge in [0.1, 0.15) is 4.32 Å². The third-order valence-corrected chi connectivity index (χ3v) is 6.89. The fourth-order valence-electron chi connectivity index (χ4n) is 3.69. The highest BCUT2D eigenvalue weighted by Crippen LogP contribution is 2.34. The molecule has 184 valence electrons. The van der Waals surface area contributed by atoms with Crippen LogP contribution in [-0.2, 0) is 14.3 Å². The van der Waals surface area contributed by atoms with Gasteiger partial charge in [-0.05, 0) is 37.1 Å². The maximum atomic E-state index is 12.9. The topological polar surface area (TPSA) is 88.6 Å². The van der Waals surface area contributed by atoms with Gasteiger partial charge in [-0.1, -0.05) is 30.0 Å². The number of ether oxygens (including phenoxy) is 3. The summed E-state index contributed by atoms with van der Waals surface area (Å²) in [6.07, 6.45) is 2.25. The number of nitrogens with zero attached hydrogens (tertiary/aromatic N) is 3. The predicted octanol–water partition coefficient (Wildman–Crippen LogP) is 2.99. The van der Waals surface area contributed by atoms with E-state index >= 15 is 0 Å². The van der Waals surface area contributed by atoms with Crippen LogP contribution in [-0.4, -0.2) is 90.5 Å². The first kappa shape index (κ1) is 25.8. The summed E-state index contributed by atoms with van der Waals surface area (Å²) in [5.74, 6) is 1.03. The molecule has 0 spiro atoms. The Morgan fingerprint density at radius 3 is 2.41 bits per heavy atom. The summed E-state index contributed by atoms with van der Waals surface area (Å²) in [7, 11) is 3.12. The predicted molar refractivity (Wildman–Crippen MR) is 134 cm³/mol. The molecule has 0 bridgehead atoms. The number of hydrogen-bond donors (Lipinski definition) is 0. The number of thioether (sulfide) groups is 1. The van der Waals surface area contributed by atoms with Gasteiger partial charge in [-0.2, -0.15) is 0 Å². The zero-order valence-corrected chi connectivity index (χ0v) is 21.2. The molecular weight excluding hydrogens is 478 g/mol. The lowest BCUT2D eigenvalue weighted by atomic mass is 10.2. The Hall–Kier alpha value is -2.79. The summed E-state index contributed by atoms with van der Waals surface area (Å²) in [5.41, 5.74) is 0.801. The van der Waals surface area contributed by atoms with Gasteiger partial charge in [-0.3, -0.25) is 14.5 Å². The van der Waals surface area contributed by atoms with Crippen LogP contribution in [0.3, 0.4) is 0 Å². The van der Waals surface area contributed by atoms with Crippen molar-refractivity contribution in [2.24, 2.45) is 0 Å².